The van der Waals surface area contributed by atoms with Gasteiger partial charge in [0.05, 0.1) is 12.1 Å². The molecule has 1 rings (SSSR count). The van der Waals surface area contributed by atoms with Gasteiger partial charge in [0.1, 0.15) is 6.61 Å². The highest BCUT2D eigenvalue weighted by molar-refractivity contribution is 5.89. The molecule has 1 aromatic rings. The summed E-state index contributed by atoms with van der Waals surface area (Å²) in [5.41, 5.74) is -0.291. The summed E-state index contributed by atoms with van der Waals surface area (Å²) < 4.78 is 42.3. The number of hydrogen-bond donors (Lipinski definition) is 0. The Hall–Kier alpha value is -1.83. The molecule has 112 valence electrons. The fourth-order valence-electron chi connectivity index (χ4n) is 1.44. The van der Waals surface area contributed by atoms with Crippen LogP contribution in [0.3, 0.4) is 0 Å². The maximum Gasteiger partial charge on any atom is 0.401 e. The molecule has 0 saturated heterocycles. The van der Waals surface area contributed by atoms with Crippen LogP contribution in [0.1, 0.15) is 10.4 Å². The second-order valence-electron chi connectivity index (χ2n) is 4.35. The molecular weight excluding hydrogens is 277 g/mol. The number of hydrogen-bond acceptors (Lipinski definition) is 4. The first-order valence-corrected chi connectivity index (χ1v) is 5.78. The molecule has 0 N–H and O–H groups in total. The van der Waals surface area contributed by atoms with Crippen molar-refractivity contribution < 1.29 is 22.7 Å². The van der Waals surface area contributed by atoms with E-state index in [2.05, 4.69) is 0 Å². The minimum atomic E-state index is -4.29. The number of likely N-dealkylation sites (N-methyl/N-ethyl adjacent to an activating group) is 1. The van der Waals surface area contributed by atoms with Gasteiger partial charge in [-0.05, 0) is 13.1 Å². The van der Waals surface area contributed by atoms with Gasteiger partial charge in [0.25, 0.3) is 5.56 Å². The average molecular weight is 292 g/mol. The van der Waals surface area contributed by atoms with Crippen molar-refractivity contribution in [3.8, 4) is 0 Å². The molecule has 0 unspecified atom stereocenters. The van der Waals surface area contributed by atoms with E-state index < -0.39 is 18.7 Å². The van der Waals surface area contributed by atoms with Crippen molar-refractivity contribution >= 4 is 5.97 Å². The van der Waals surface area contributed by atoms with Gasteiger partial charge in [-0.15, -0.1) is 0 Å². The average Bonchev–Trinajstić information content (AvgIpc) is 2.30. The van der Waals surface area contributed by atoms with E-state index >= 15 is 0 Å². The summed E-state index contributed by atoms with van der Waals surface area (Å²) in [7, 11) is 2.81. The maximum absolute atomic E-state index is 12.1. The van der Waals surface area contributed by atoms with Gasteiger partial charge in [-0.1, -0.05) is 0 Å². The summed E-state index contributed by atoms with van der Waals surface area (Å²) in [6.45, 7) is -1.30. The first kappa shape index (κ1) is 16.2. The van der Waals surface area contributed by atoms with Crippen LogP contribution in [0.25, 0.3) is 0 Å². The molecule has 0 aliphatic carbocycles. The Morgan fingerprint density at radius 3 is 2.65 bits per heavy atom. The van der Waals surface area contributed by atoms with Gasteiger partial charge >= 0.3 is 12.1 Å². The lowest BCUT2D eigenvalue weighted by molar-refractivity contribution is -0.143. The molecular formula is C12H15F3N2O3. The van der Waals surface area contributed by atoms with Crippen molar-refractivity contribution in [1.82, 2.24) is 9.47 Å². The topological polar surface area (TPSA) is 51.5 Å². The quantitative estimate of drug-likeness (QED) is 0.761. The van der Waals surface area contributed by atoms with E-state index in [9.17, 15) is 22.8 Å². The predicted molar refractivity (Wildman–Crippen MR) is 65.5 cm³/mol. The maximum atomic E-state index is 12.1. The van der Waals surface area contributed by atoms with Crippen LogP contribution in [0.5, 0.6) is 0 Å². The lowest BCUT2D eigenvalue weighted by atomic mass is 10.3. The Morgan fingerprint density at radius 2 is 2.10 bits per heavy atom. The molecule has 0 spiro atoms. The molecule has 0 aliphatic heterocycles. The van der Waals surface area contributed by atoms with Gasteiger partial charge in [0.15, 0.2) is 0 Å². The molecule has 1 aromatic heterocycles. The lowest BCUT2D eigenvalue weighted by Crippen LogP contribution is -2.33. The van der Waals surface area contributed by atoms with Crippen LogP contribution in [0.4, 0.5) is 13.2 Å². The van der Waals surface area contributed by atoms with Gasteiger partial charge in [0, 0.05) is 25.9 Å². The Labute approximate surface area is 113 Å². The summed E-state index contributed by atoms with van der Waals surface area (Å²) in [5, 5.41) is 0. The smallest absolute Gasteiger partial charge is 0.401 e. The number of aryl methyl sites for hydroxylation is 1. The van der Waals surface area contributed by atoms with Crippen molar-refractivity contribution in [2.75, 3.05) is 26.7 Å². The van der Waals surface area contributed by atoms with Crippen molar-refractivity contribution in [3.63, 3.8) is 0 Å². The van der Waals surface area contributed by atoms with Gasteiger partial charge in [0.2, 0.25) is 0 Å². The molecule has 0 aliphatic rings. The van der Waals surface area contributed by atoms with E-state index in [1.165, 1.54) is 30.9 Å². The van der Waals surface area contributed by atoms with Crippen LogP contribution in [-0.4, -0.2) is 48.4 Å². The van der Waals surface area contributed by atoms with E-state index in [0.717, 1.165) is 11.0 Å². The van der Waals surface area contributed by atoms with Crippen LogP contribution < -0.4 is 5.56 Å². The molecule has 0 amide bonds. The number of carbonyl (C=O) groups excluding carboxylic acids is 1. The molecule has 8 heteroatoms. The van der Waals surface area contributed by atoms with E-state index in [4.69, 9.17) is 4.74 Å². The third kappa shape index (κ3) is 5.43. The van der Waals surface area contributed by atoms with Crippen LogP contribution in [0, 0.1) is 0 Å². The zero-order chi connectivity index (χ0) is 15.3. The fourth-order valence-corrected chi connectivity index (χ4v) is 1.44. The molecule has 1 heterocycles. The van der Waals surface area contributed by atoms with Crippen molar-refractivity contribution in [2.24, 2.45) is 7.05 Å². The number of rotatable bonds is 5. The van der Waals surface area contributed by atoms with E-state index in [-0.39, 0.29) is 24.3 Å². The Kier molecular flexibility index (Phi) is 5.32. The molecule has 0 bridgehead atoms. The van der Waals surface area contributed by atoms with Crippen LogP contribution in [0.15, 0.2) is 23.1 Å². The molecule has 0 saturated carbocycles. The molecule has 5 nitrogen and oxygen atoms in total. The minimum Gasteiger partial charge on any atom is -0.461 e. The second-order valence-corrected chi connectivity index (χ2v) is 4.35. The van der Waals surface area contributed by atoms with Gasteiger partial charge in [-0.3, -0.25) is 9.69 Å². The molecule has 0 aromatic carbocycles. The SMILES string of the molecule is CN(CCOC(=O)c1ccn(C)c(=O)c1)CC(F)(F)F. The van der Waals surface area contributed by atoms with Crippen molar-refractivity contribution in [1.29, 1.82) is 0 Å². The van der Waals surface area contributed by atoms with Crippen LogP contribution in [-0.2, 0) is 11.8 Å². The van der Waals surface area contributed by atoms with Crippen molar-refractivity contribution in [2.45, 2.75) is 6.18 Å². The first-order valence-electron chi connectivity index (χ1n) is 5.78. The standard InChI is InChI=1S/C12H15F3N2O3/c1-16(8-12(13,14)15)5-6-20-11(19)9-3-4-17(2)10(18)7-9/h3-4,7H,5-6,8H2,1-2H3. The summed E-state index contributed by atoms with van der Waals surface area (Å²) in [4.78, 5) is 23.9. The van der Waals surface area contributed by atoms with Gasteiger partial charge in [-0.25, -0.2) is 4.79 Å². The minimum absolute atomic E-state index is 0.0455. The highest BCUT2D eigenvalue weighted by Crippen LogP contribution is 2.15. The normalized spacial score (nSPS) is 11.7. The Morgan fingerprint density at radius 1 is 1.45 bits per heavy atom. The zero-order valence-electron chi connectivity index (χ0n) is 11.1. The molecule has 0 radical (unpaired) electrons. The molecule has 0 atom stereocenters. The van der Waals surface area contributed by atoms with Crippen LogP contribution in [0.2, 0.25) is 0 Å². The monoisotopic (exact) mass is 292 g/mol. The van der Waals surface area contributed by atoms with Gasteiger partial charge < -0.3 is 9.30 Å². The van der Waals surface area contributed by atoms with E-state index in [1.54, 1.807) is 0 Å². The number of nitrogens with zero attached hydrogens (tertiary/aromatic N) is 2. The zero-order valence-corrected chi connectivity index (χ0v) is 11.1. The largest absolute Gasteiger partial charge is 0.461 e. The Balaban J connectivity index is 2.44. The summed E-state index contributed by atoms with van der Waals surface area (Å²) in [6, 6.07) is 2.52. The van der Waals surface area contributed by atoms with E-state index in [1.807, 2.05) is 0 Å². The summed E-state index contributed by atoms with van der Waals surface area (Å²) in [5.74, 6) is -0.733. The molecule has 0 fully saturated rings. The number of alkyl halides is 3. The van der Waals surface area contributed by atoms with Gasteiger partial charge in [-0.2, -0.15) is 13.2 Å². The summed E-state index contributed by atoms with van der Waals surface area (Å²) >= 11 is 0. The number of aromatic nitrogens is 1. The number of pyridine rings is 1. The third-order valence-electron chi connectivity index (χ3n) is 2.50. The first-order chi connectivity index (χ1) is 9.19. The highest BCUT2D eigenvalue weighted by Gasteiger charge is 2.28. The number of carbonyl (C=O) groups is 1. The number of halogens is 3. The fraction of sp³-hybridized carbons (Fsp3) is 0.500. The third-order valence-corrected chi connectivity index (χ3v) is 2.50. The predicted octanol–water partition coefficient (Wildman–Crippen LogP) is 1.04. The Bertz CT molecular complexity index is 525. The number of esters is 1. The van der Waals surface area contributed by atoms with E-state index in [0.29, 0.717) is 0 Å². The lowest BCUT2D eigenvalue weighted by Gasteiger charge is -2.18. The second kappa shape index (κ2) is 6.56. The molecule has 20 heavy (non-hydrogen) atoms. The summed E-state index contributed by atoms with van der Waals surface area (Å²) in [6.07, 6.45) is -2.88. The highest BCUT2D eigenvalue weighted by atomic mass is 19.4. The van der Waals surface area contributed by atoms with Crippen molar-refractivity contribution in [3.05, 3.63) is 34.2 Å². The number of ether oxygens (including phenoxy) is 1. The van der Waals surface area contributed by atoms with Crippen LogP contribution >= 0.6 is 0 Å².